The number of nitrogens with one attached hydrogen (secondary N) is 2. The van der Waals surface area contributed by atoms with Gasteiger partial charge >= 0.3 is 13.1 Å². The zero-order valence-corrected chi connectivity index (χ0v) is 26.2. The van der Waals surface area contributed by atoms with Crippen molar-refractivity contribution < 1.29 is 18.8 Å². The molecule has 0 aliphatic carbocycles. The van der Waals surface area contributed by atoms with Crippen LogP contribution in [0.5, 0.6) is 0 Å². The van der Waals surface area contributed by atoms with Crippen LogP contribution in [0.2, 0.25) is 0 Å². The van der Waals surface area contributed by atoms with Gasteiger partial charge in [-0.2, -0.15) is 0 Å². The van der Waals surface area contributed by atoms with Crippen LogP contribution in [0.1, 0.15) is 71.9 Å². The minimum atomic E-state index is -0.521. The number of thiazole rings is 1. The molecule has 220 valence electrons. The maximum Gasteiger partial charge on any atom is 0.512 e. The molecule has 6 rings (SSSR count). The van der Waals surface area contributed by atoms with Gasteiger partial charge in [0.15, 0.2) is 0 Å². The van der Waals surface area contributed by atoms with Crippen LogP contribution < -0.4 is 11.0 Å². The Bertz CT molecular complexity index is 1430. The van der Waals surface area contributed by atoms with E-state index in [0.29, 0.717) is 18.9 Å². The van der Waals surface area contributed by atoms with E-state index in [1.165, 1.54) is 0 Å². The van der Waals surface area contributed by atoms with Crippen LogP contribution >= 0.6 is 11.3 Å². The van der Waals surface area contributed by atoms with Gasteiger partial charge in [0, 0.05) is 52.4 Å². The lowest BCUT2D eigenvalue weighted by molar-refractivity contribution is -0.152. The Labute approximate surface area is 247 Å². The molecule has 0 radical (unpaired) electrons. The molecule has 1 aromatic carbocycles. The number of hydrogen-bond acceptors (Lipinski definition) is 8. The molecule has 2 N–H and O–H groups in total. The number of nitrogens with zero attached hydrogens (tertiary/aromatic N) is 2. The van der Waals surface area contributed by atoms with Gasteiger partial charge in [0.25, 0.3) is 0 Å². The molecule has 1 unspecified atom stereocenters. The molecule has 6 bridgehead atoms. The monoisotopic (exact) mass is 578 g/mol. The Morgan fingerprint density at radius 2 is 1.88 bits per heavy atom. The second-order valence-electron chi connectivity index (χ2n) is 14.0. The third kappa shape index (κ3) is 5.74. The molecule has 8 nitrogen and oxygen atoms in total. The summed E-state index contributed by atoms with van der Waals surface area (Å²) in [4.78, 5) is 21.9. The molecule has 0 saturated carbocycles. The summed E-state index contributed by atoms with van der Waals surface area (Å²) in [7, 11) is -0.521. The van der Waals surface area contributed by atoms with E-state index in [2.05, 4.69) is 87.5 Å². The van der Waals surface area contributed by atoms with Crippen LogP contribution in [0.15, 0.2) is 23.6 Å². The number of carbonyl (C=O) groups excluding carboxylic acids is 1. The summed E-state index contributed by atoms with van der Waals surface area (Å²) in [6.45, 7) is 17.0. The smallest absolute Gasteiger partial charge is 0.464 e. The van der Waals surface area contributed by atoms with Crippen LogP contribution in [0.4, 0.5) is 0 Å². The Morgan fingerprint density at radius 3 is 2.63 bits per heavy atom. The molecule has 10 heteroatoms. The summed E-state index contributed by atoms with van der Waals surface area (Å²) in [5.41, 5.74) is 7.42. The SMILES string of the molecule is C[C@H]1Cc2nc(cs2)-c2ccc3[nH]c(B4OC(C)(C)C(C)(C)O4)c(c3c2)CC(C)(C)COC(=O)[C@@H]2CCCN(C1)N2. The van der Waals surface area contributed by atoms with Crippen molar-refractivity contribution in [1.29, 1.82) is 0 Å². The number of cyclic esters (lactones) is 1. The van der Waals surface area contributed by atoms with Gasteiger partial charge in [-0.3, -0.25) is 4.79 Å². The Kier molecular flexibility index (Phi) is 7.38. The molecular weight excluding hydrogens is 535 g/mol. The number of esters is 1. The second kappa shape index (κ2) is 10.5. The van der Waals surface area contributed by atoms with Crippen molar-refractivity contribution in [1.82, 2.24) is 20.4 Å². The molecule has 2 saturated heterocycles. The highest BCUT2D eigenvalue weighted by Gasteiger charge is 2.53. The highest BCUT2D eigenvalue weighted by Crippen LogP contribution is 2.38. The standard InChI is InChI=1S/C31H43BN4O4S/c1-19-13-26-33-25(17-41-26)20-10-11-23-21(14-20)22(27(34-23)32-39-30(4,5)31(6,7)40-32)15-29(2,3)18-38-28(37)24-9-8-12-36(16-19)35-24/h10-11,14,17,19,24,34-35H,8-9,12-13,15-16,18H2,1-7H3/t19-,24-/m0/s1. The normalized spacial score (nSPS) is 27.9. The van der Waals surface area contributed by atoms with Crippen molar-refractivity contribution in [2.24, 2.45) is 11.3 Å². The lowest BCUT2D eigenvalue weighted by Crippen LogP contribution is -2.54. The van der Waals surface area contributed by atoms with Crippen LogP contribution in [-0.2, 0) is 31.7 Å². The first-order chi connectivity index (χ1) is 19.3. The van der Waals surface area contributed by atoms with E-state index in [-0.39, 0.29) is 17.4 Å². The fourth-order valence-corrected chi connectivity index (χ4v) is 7.07. The zero-order valence-electron chi connectivity index (χ0n) is 25.4. The molecule has 2 fully saturated rings. The first-order valence-corrected chi connectivity index (χ1v) is 15.8. The van der Waals surface area contributed by atoms with Crippen LogP contribution in [0, 0.1) is 11.3 Å². The molecule has 3 aliphatic rings. The summed E-state index contributed by atoms with van der Waals surface area (Å²) < 4.78 is 19.0. The Morgan fingerprint density at radius 1 is 1.12 bits per heavy atom. The topological polar surface area (TPSA) is 88.7 Å². The molecule has 3 atom stereocenters. The third-order valence-electron chi connectivity index (χ3n) is 9.14. The van der Waals surface area contributed by atoms with Gasteiger partial charge in [0.2, 0.25) is 0 Å². The average Bonchev–Trinajstić information content (AvgIpc) is 3.56. The number of aromatic amines is 1. The number of rotatable bonds is 1. The number of benzene rings is 1. The number of fused-ring (bicyclic) bond motifs is 6. The molecular formula is C31H43BN4O4S. The minimum absolute atomic E-state index is 0.173. The second-order valence-corrected chi connectivity index (χ2v) is 15.0. The number of H-pyrrole nitrogens is 1. The largest absolute Gasteiger partial charge is 0.512 e. The van der Waals surface area contributed by atoms with Gasteiger partial charge in [-0.15, -0.1) is 11.3 Å². The fourth-order valence-electron chi connectivity index (χ4n) is 6.10. The average molecular weight is 579 g/mol. The summed E-state index contributed by atoms with van der Waals surface area (Å²) in [5, 5.41) is 6.62. The number of carbonyl (C=O) groups is 1. The summed E-state index contributed by atoms with van der Waals surface area (Å²) in [6, 6.07) is 6.20. The number of ether oxygens (including phenoxy) is 1. The van der Waals surface area contributed by atoms with Crippen molar-refractivity contribution in [2.45, 2.75) is 91.4 Å². The molecule has 5 heterocycles. The third-order valence-corrected chi connectivity index (χ3v) is 10.0. The van der Waals surface area contributed by atoms with E-state index in [1.54, 1.807) is 11.3 Å². The van der Waals surface area contributed by atoms with Gasteiger partial charge in [-0.25, -0.2) is 15.4 Å². The van der Waals surface area contributed by atoms with E-state index < -0.39 is 18.3 Å². The first-order valence-electron chi connectivity index (χ1n) is 14.9. The van der Waals surface area contributed by atoms with Crippen molar-refractivity contribution >= 4 is 40.9 Å². The summed E-state index contributed by atoms with van der Waals surface area (Å²) >= 11 is 1.72. The van der Waals surface area contributed by atoms with Crippen LogP contribution in [0.25, 0.3) is 22.2 Å². The molecule has 2 aromatic heterocycles. The van der Waals surface area contributed by atoms with Crippen LogP contribution in [-0.4, -0.2) is 65.0 Å². The van der Waals surface area contributed by atoms with Gasteiger partial charge in [0.1, 0.15) is 6.04 Å². The molecule has 0 amide bonds. The van der Waals surface area contributed by atoms with E-state index in [1.807, 2.05) is 0 Å². The van der Waals surface area contributed by atoms with Crippen molar-refractivity contribution in [2.75, 3.05) is 19.7 Å². The van der Waals surface area contributed by atoms with Gasteiger partial charge in [-0.1, -0.05) is 26.8 Å². The van der Waals surface area contributed by atoms with Crippen molar-refractivity contribution in [3.8, 4) is 11.3 Å². The van der Waals surface area contributed by atoms with Crippen LogP contribution in [0.3, 0.4) is 0 Å². The lowest BCUT2D eigenvalue weighted by atomic mass is 9.76. The molecule has 3 aliphatic heterocycles. The molecule has 3 aromatic rings. The van der Waals surface area contributed by atoms with Crippen molar-refractivity contribution in [3.05, 3.63) is 34.2 Å². The fraction of sp³-hybridized carbons (Fsp3) is 0.613. The maximum absolute atomic E-state index is 13.2. The number of hydrogen-bond donors (Lipinski definition) is 2. The Balaban J connectivity index is 1.42. The van der Waals surface area contributed by atoms with E-state index in [0.717, 1.165) is 70.7 Å². The highest BCUT2D eigenvalue weighted by atomic mass is 32.1. The summed E-state index contributed by atoms with van der Waals surface area (Å²) in [5.74, 6) is 0.226. The number of aromatic nitrogens is 2. The summed E-state index contributed by atoms with van der Waals surface area (Å²) in [6.07, 6.45) is 3.35. The molecule has 0 spiro atoms. The van der Waals surface area contributed by atoms with E-state index >= 15 is 0 Å². The van der Waals surface area contributed by atoms with E-state index in [9.17, 15) is 4.79 Å². The van der Waals surface area contributed by atoms with Crippen molar-refractivity contribution in [3.63, 3.8) is 0 Å². The molecule has 41 heavy (non-hydrogen) atoms. The zero-order chi connectivity index (χ0) is 29.2. The van der Waals surface area contributed by atoms with Gasteiger partial charge < -0.3 is 19.0 Å². The predicted molar refractivity (Wildman–Crippen MR) is 164 cm³/mol. The maximum atomic E-state index is 13.2. The quantitative estimate of drug-likeness (QED) is 0.315. The predicted octanol–water partition coefficient (Wildman–Crippen LogP) is 4.86. The Hall–Kier alpha value is -2.24. The number of hydrazine groups is 1. The minimum Gasteiger partial charge on any atom is -0.464 e. The van der Waals surface area contributed by atoms with Gasteiger partial charge in [0.05, 0.1) is 28.5 Å². The first kappa shape index (κ1) is 28.9. The van der Waals surface area contributed by atoms with Gasteiger partial charge in [-0.05, 0) is 70.6 Å². The van der Waals surface area contributed by atoms with E-state index in [4.69, 9.17) is 19.0 Å². The highest BCUT2D eigenvalue weighted by molar-refractivity contribution is 7.09. The lowest BCUT2D eigenvalue weighted by Gasteiger charge is -2.35.